The highest BCUT2D eigenvalue weighted by Crippen LogP contribution is 2.31. The van der Waals surface area contributed by atoms with Crippen molar-refractivity contribution in [1.29, 1.82) is 0 Å². The number of hydrogen-bond acceptors (Lipinski definition) is 2. The summed E-state index contributed by atoms with van der Waals surface area (Å²) in [5.41, 5.74) is 1.17. The fraction of sp³-hybridized carbons (Fsp3) is 0.571. The quantitative estimate of drug-likeness (QED) is 0.911. The van der Waals surface area contributed by atoms with E-state index < -0.39 is 0 Å². The van der Waals surface area contributed by atoms with Crippen LogP contribution in [0.3, 0.4) is 0 Å². The van der Waals surface area contributed by atoms with Gasteiger partial charge in [-0.1, -0.05) is 36.2 Å². The number of nitrogens with one attached hydrogen (secondary N) is 1. The summed E-state index contributed by atoms with van der Waals surface area (Å²) in [6.45, 7) is 7.64. The molecule has 0 radical (unpaired) electrons. The van der Waals surface area contributed by atoms with Crippen molar-refractivity contribution in [1.82, 2.24) is 10.2 Å². The molecule has 2 atom stereocenters. The Bertz CT molecular complexity index is 409. The summed E-state index contributed by atoms with van der Waals surface area (Å²) < 4.78 is 0. The van der Waals surface area contributed by atoms with Crippen LogP contribution in [0.2, 0.25) is 10.0 Å². The highest BCUT2D eigenvalue weighted by molar-refractivity contribution is 6.35. The Labute approximate surface area is 119 Å². The Morgan fingerprint density at radius 3 is 2.89 bits per heavy atom. The van der Waals surface area contributed by atoms with Crippen LogP contribution in [0.15, 0.2) is 18.2 Å². The number of halogens is 2. The van der Waals surface area contributed by atoms with Crippen LogP contribution in [-0.2, 0) is 0 Å². The topological polar surface area (TPSA) is 15.3 Å². The molecule has 2 unspecified atom stereocenters. The highest BCUT2D eigenvalue weighted by atomic mass is 35.5. The molecule has 1 N–H and O–H groups in total. The summed E-state index contributed by atoms with van der Waals surface area (Å²) in [4.78, 5) is 2.53. The zero-order valence-electron chi connectivity index (χ0n) is 10.9. The molecule has 100 valence electrons. The Kier molecular flexibility index (Phi) is 4.91. The fourth-order valence-electron chi connectivity index (χ4n) is 2.68. The summed E-state index contributed by atoms with van der Waals surface area (Å²) in [7, 11) is 0. The lowest BCUT2D eigenvalue weighted by atomic mass is 10.0. The SMILES string of the molecule is CCC1CNCCN1C(C)c1ccc(Cl)cc1Cl. The van der Waals surface area contributed by atoms with Gasteiger partial charge < -0.3 is 5.32 Å². The smallest absolute Gasteiger partial charge is 0.0468 e. The second-order valence-corrected chi connectivity index (χ2v) is 5.69. The molecule has 1 aliphatic heterocycles. The third-order valence-electron chi connectivity index (χ3n) is 3.78. The van der Waals surface area contributed by atoms with Gasteiger partial charge >= 0.3 is 0 Å². The minimum absolute atomic E-state index is 0.335. The molecule has 1 saturated heterocycles. The normalized spacial score (nSPS) is 23.0. The molecule has 0 saturated carbocycles. The first-order valence-electron chi connectivity index (χ1n) is 6.55. The van der Waals surface area contributed by atoms with Crippen molar-refractivity contribution in [3.8, 4) is 0 Å². The molecule has 1 fully saturated rings. The lowest BCUT2D eigenvalue weighted by molar-refractivity contribution is 0.112. The van der Waals surface area contributed by atoms with Crippen LogP contribution < -0.4 is 5.32 Å². The molecule has 1 aliphatic rings. The molecular formula is C14H20Cl2N2. The molecule has 0 amide bonds. The minimum Gasteiger partial charge on any atom is -0.314 e. The van der Waals surface area contributed by atoms with Gasteiger partial charge in [-0.25, -0.2) is 0 Å². The summed E-state index contributed by atoms with van der Waals surface area (Å²) in [6.07, 6.45) is 1.16. The molecule has 0 bridgehead atoms. The van der Waals surface area contributed by atoms with E-state index in [2.05, 4.69) is 24.1 Å². The van der Waals surface area contributed by atoms with Gasteiger partial charge in [-0.05, 0) is 31.0 Å². The van der Waals surface area contributed by atoms with Gasteiger partial charge in [0.05, 0.1) is 0 Å². The summed E-state index contributed by atoms with van der Waals surface area (Å²) in [5, 5.41) is 4.91. The summed E-state index contributed by atoms with van der Waals surface area (Å²) in [6, 6.07) is 6.72. The second kappa shape index (κ2) is 6.25. The van der Waals surface area contributed by atoms with Gasteiger partial charge in [0.25, 0.3) is 0 Å². The molecule has 0 aliphatic carbocycles. The van der Waals surface area contributed by atoms with Crippen molar-refractivity contribution < 1.29 is 0 Å². The molecule has 1 heterocycles. The molecule has 18 heavy (non-hydrogen) atoms. The maximum atomic E-state index is 6.31. The molecule has 1 aromatic carbocycles. The lowest BCUT2D eigenvalue weighted by Gasteiger charge is -2.40. The molecule has 0 spiro atoms. The average molecular weight is 287 g/mol. The van der Waals surface area contributed by atoms with Crippen molar-refractivity contribution in [2.75, 3.05) is 19.6 Å². The van der Waals surface area contributed by atoms with E-state index in [-0.39, 0.29) is 0 Å². The second-order valence-electron chi connectivity index (χ2n) is 4.85. The third kappa shape index (κ3) is 3.00. The van der Waals surface area contributed by atoms with Gasteiger partial charge in [0.1, 0.15) is 0 Å². The molecule has 2 nitrogen and oxygen atoms in total. The van der Waals surface area contributed by atoms with Crippen molar-refractivity contribution in [2.45, 2.75) is 32.4 Å². The monoisotopic (exact) mass is 286 g/mol. The Morgan fingerprint density at radius 1 is 1.44 bits per heavy atom. The first-order valence-corrected chi connectivity index (χ1v) is 7.30. The van der Waals surface area contributed by atoms with Gasteiger partial charge in [-0.2, -0.15) is 0 Å². The Balaban J connectivity index is 2.20. The predicted molar refractivity (Wildman–Crippen MR) is 78.5 cm³/mol. The number of hydrogen-bond donors (Lipinski definition) is 1. The number of benzene rings is 1. The van der Waals surface area contributed by atoms with E-state index in [1.807, 2.05) is 18.2 Å². The van der Waals surface area contributed by atoms with Crippen molar-refractivity contribution in [3.63, 3.8) is 0 Å². The van der Waals surface area contributed by atoms with Gasteiger partial charge in [0.15, 0.2) is 0 Å². The van der Waals surface area contributed by atoms with Crippen LogP contribution in [0.5, 0.6) is 0 Å². The first-order chi connectivity index (χ1) is 8.63. The van der Waals surface area contributed by atoms with E-state index in [1.165, 1.54) is 5.56 Å². The Hall–Kier alpha value is -0.280. The van der Waals surface area contributed by atoms with Crippen molar-refractivity contribution in [3.05, 3.63) is 33.8 Å². The van der Waals surface area contributed by atoms with E-state index in [4.69, 9.17) is 23.2 Å². The van der Waals surface area contributed by atoms with Crippen LogP contribution in [0.25, 0.3) is 0 Å². The van der Waals surface area contributed by atoms with E-state index in [0.29, 0.717) is 17.1 Å². The number of piperazine rings is 1. The third-order valence-corrected chi connectivity index (χ3v) is 4.34. The molecular weight excluding hydrogens is 267 g/mol. The van der Waals surface area contributed by atoms with E-state index >= 15 is 0 Å². The summed E-state index contributed by atoms with van der Waals surface area (Å²) >= 11 is 12.3. The average Bonchev–Trinajstić information content (AvgIpc) is 2.38. The first kappa shape index (κ1) is 14.1. The van der Waals surface area contributed by atoms with Crippen molar-refractivity contribution >= 4 is 23.2 Å². The largest absolute Gasteiger partial charge is 0.314 e. The van der Waals surface area contributed by atoms with Gasteiger partial charge in [0, 0.05) is 41.8 Å². The maximum Gasteiger partial charge on any atom is 0.0468 e. The van der Waals surface area contributed by atoms with Gasteiger partial charge in [-0.15, -0.1) is 0 Å². The van der Waals surface area contributed by atoms with E-state index in [1.54, 1.807) is 0 Å². The Morgan fingerprint density at radius 2 is 2.22 bits per heavy atom. The van der Waals surface area contributed by atoms with E-state index in [9.17, 15) is 0 Å². The van der Waals surface area contributed by atoms with Crippen molar-refractivity contribution in [2.24, 2.45) is 0 Å². The summed E-state index contributed by atoms with van der Waals surface area (Å²) in [5.74, 6) is 0. The van der Waals surface area contributed by atoms with Crippen LogP contribution >= 0.6 is 23.2 Å². The van der Waals surface area contributed by atoms with Crippen LogP contribution in [-0.4, -0.2) is 30.6 Å². The van der Waals surface area contributed by atoms with Crippen LogP contribution in [0.4, 0.5) is 0 Å². The van der Waals surface area contributed by atoms with Gasteiger partial charge in [-0.3, -0.25) is 4.90 Å². The molecule has 4 heteroatoms. The lowest BCUT2D eigenvalue weighted by Crippen LogP contribution is -2.51. The molecule has 0 aromatic heterocycles. The molecule has 2 rings (SSSR count). The zero-order chi connectivity index (χ0) is 13.1. The fourth-order valence-corrected chi connectivity index (χ4v) is 3.25. The zero-order valence-corrected chi connectivity index (χ0v) is 12.4. The van der Waals surface area contributed by atoms with Crippen LogP contribution in [0.1, 0.15) is 31.9 Å². The van der Waals surface area contributed by atoms with E-state index in [0.717, 1.165) is 31.1 Å². The highest BCUT2D eigenvalue weighted by Gasteiger charge is 2.26. The predicted octanol–water partition coefficient (Wildman–Crippen LogP) is 3.74. The molecule has 1 aromatic rings. The standard InChI is InChI=1S/C14H20Cl2N2/c1-3-12-9-17-6-7-18(12)10(2)13-5-4-11(15)8-14(13)16/h4-5,8,10,12,17H,3,6-7,9H2,1-2H3. The number of nitrogens with zero attached hydrogens (tertiary/aromatic N) is 1. The minimum atomic E-state index is 0.335. The van der Waals surface area contributed by atoms with Gasteiger partial charge in [0.2, 0.25) is 0 Å². The number of rotatable bonds is 3. The maximum absolute atomic E-state index is 6.31. The van der Waals surface area contributed by atoms with Crippen LogP contribution in [0, 0.1) is 0 Å².